The van der Waals surface area contributed by atoms with Crippen molar-refractivity contribution in [1.82, 2.24) is 10.2 Å². The molecule has 1 amide bonds. The monoisotopic (exact) mass is 784 g/mol. The Morgan fingerprint density at radius 2 is 1.91 bits per heavy atom. The average Bonchev–Trinajstić information content (AvgIpc) is 3.80. The number of allylic oxidation sites excluding steroid dienone is 4. The van der Waals surface area contributed by atoms with Gasteiger partial charge in [0.25, 0.3) is 5.91 Å². The third-order valence-corrected chi connectivity index (χ3v) is 11.8. The number of guanidine groups is 1. The van der Waals surface area contributed by atoms with Crippen LogP contribution in [-0.2, 0) is 27.0 Å². The predicted molar refractivity (Wildman–Crippen MR) is 217 cm³/mol. The number of piperidine rings is 1. The maximum atomic E-state index is 13.9. The zero-order valence-electron chi connectivity index (χ0n) is 32.1. The first-order chi connectivity index (χ1) is 25.8. The van der Waals surface area contributed by atoms with Gasteiger partial charge in [0.05, 0.1) is 17.8 Å². The van der Waals surface area contributed by atoms with Gasteiger partial charge < -0.3 is 36.5 Å². The van der Waals surface area contributed by atoms with Gasteiger partial charge in [0.2, 0.25) is 0 Å². The van der Waals surface area contributed by atoms with E-state index in [2.05, 4.69) is 63.3 Å². The molecular formula is C39H56N6O7S2. The summed E-state index contributed by atoms with van der Waals surface area (Å²) in [4.78, 5) is 43.6. The first kappa shape index (κ1) is 44.1. The number of benzene rings is 1. The number of aliphatic hydroxyl groups excluding tert-OH is 1. The first-order valence-electron chi connectivity index (χ1n) is 18.2. The standard InChI is InChI=1S/C36H46N6O6S2.C2H6.CH4O/c1-35(2,22-43)26-9-16-42(17-10-26)36(3)13-4-6-23(8-14-36)25-20-24-11-18-48-30(24)29(21-25)50(47)41-27-12-19-49-31(27)32(44)40-28(33(45)46)7-5-15-39-34(37)38;2*1-2/h4,6,8,12-14,19-22,26,28,41H,5,7,9-11,15-18H2,1-3H3,(H,40,44)(H,45,46)(H4,37,38,39);1-2H3;2H,1H3/t28-,36?,50?;;/m0../s1. The molecular weight excluding hydrogens is 729 g/mol. The lowest BCUT2D eigenvalue weighted by molar-refractivity contribution is -0.139. The largest absolute Gasteiger partial charge is 0.492 e. The molecule has 1 aliphatic carbocycles. The zero-order chi connectivity index (χ0) is 40.1. The van der Waals surface area contributed by atoms with E-state index in [0.717, 1.165) is 67.4 Å². The Hall–Kier alpha value is -4.31. The third-order valence-electron chi connectivity index (χ3n) is 9.75. The van der Waals surface area contributed by atoms with Crippen LogP contribution in [0.3, 0.4) is 0 Å². The lowest BCUT2D eigenvalue weighted by Crippen LogP contribution is -2.49. The number of aliphatic imine (C=N–C) groups is 1. The number of nitrogens with zero attached hydrogens (tertiary/aromatic N) is 2. The molecule has 1 aromatic heterocycles. The summed E-state index contributed by atoms with van der Waals surface area (Å²) in [5.74, 6) is -0.933. The van der Waals surface area contributed by atoms with E-state index < -0.39 is 28.9 Å². The normalized spacial score (nSPS) is 19.2. The molecule has 1 saturated heterocycles. The molecule has 13 nitrogen and oxygen atoms in total. The van der Waals surface area contributed by atoms with E-state index in [9.17, 15) is 23.7 Å². The Kier molecular flexibility index (Phi) is 16.7. The molecule has 54 heavy (non-hydrogen) atoms. The number of likely N-dealkylation sites (tertiary alicyclic amines) is 1. The SMILES string of the molecule is CC.CC(C)(C=O)C1CCN(C2(C)C=CC=C(c3cc4c(c(S(=O)Nc5ccsc5C(=O)N[C@@H](CCCN=C(N)N)C(=O)O)c3)OCC4)C=C2)CC1.CO. The number of carbonyl (C=O) groups is 3. The second-order valence-electron chi connectivity index (χ2n) is 13.6. The second kappa shape index (κ2) is 20.4. The van der Waals surface area contributed by atoms with E-state index in [1.54, 1.807) is 11.4 Å². The summed E-state index contributed by atoms with van der Waals surface area (Å²) in [6.07, 6.45) is 14.8. The fourth-order valence-corrected chi connectivity index (χ4v) is 8.49. The first-order valence-corrected chi connectivity index (χ1v) is 20.2. The molecule has 2 unspecified atom stereocenters. The molecule has 3 aliphatic rings. The van der Waals surface area contributed by atoms with Gasteiger partial charge in [-0.3, -0.25) is 19.4 Å². The topological polar surface area (TPSA) is 210 Å². The number of anilines is 1. The molecule has 0 bridgehead atoms. The molecule has 3 atom stereocenters. The minimum absolute atomic E-state index is 0.0872. The number of carboxylic acid groups (broad SMARTS) is 1. The Labute approximate surface area is 325 Å². The molecule has 0 spiro atoms. The number of aliphatic hydroxyl groups is 1. The lowest BCUT2D eigenvalue weighted by atomic mass is 9.74. The van der Waals surface area contributed by atoms with Gasteiger partial charge in [-0.1, -0.05) is 58.1 Å². The highest BCUT2D eigenvalue weighted by molar-refractivity contribution is 7.86. The van der Waals surface area contributed by atoms with Crippen LogP contribution < -0.4 is 26.2 Å². The van der Waals surface area contributed by atoms with Crippen molar-refractivity contribution in [1.29, 1.82) is 0 Å². The summed E-state index contributed by atoms with van der Waals surface area (Å²) in [6.45, 7) is 12.7. The minimum Gasteiger partial charge on any atom is -0.492 e. The number of carbonyl (C=O) groups excluding carboxylic acids is 2. The number of aldehydes is 1. The number of thiophene rings is 1. The molecule has 296 valence electrons. The molecule has 2 aromatic rings. The summed E-state index contributed by atoms with van der Waals surface area (Å²) >= 11 is 1.11. The van der Waals surface area contributed by atoms with Crippen LogP contribution in [0.1, 0.15) is 81.1 Å². The molecule has 1 aromatic carbocycles. The summed E-state index contributed by atoms with van der Waals surface area (Å²) < 4.78 is 22.8. The average molecular weight is 785 g/mol. The number of hydrogen-bond donors (Lipinski definition) is 6. The van der Waals surface area contributed by atoms with Crippen molar-refractivity contribution in [3.05, 3.63) is 70.0 Å². The zero-order valence-corrected chi connectivity index (χ0v) is 33.7. The van der Waals surface area contributed by atoms with Gasteiger partial charge in [-0.25, -0.2) is 9.00 Å². The van der Waals surface area contributed by atoms with Crippen LogP contribution >= 0.6 is 11.3 Å². The van der Waals surface area contributed by atoms with E-state index in [-0.39, 0.29) is 34.8 Å². The van der Waals surface area contributed by atoms with Crippen LogP contribution in [0.2, 0.25) is 0 Å². The fraction of sp³-hybridized carbons (Fsp3) is 0.487. The van der Waals surface area contributed by atoms with Crippen LogP contribution in [0.25, 0.3) is 5.57 Å². The van der Waals surface area contributed by atoms with Crippen molar-refractivity contribution in [2.75, 3.05) is 38.1 Å². The fourth-order valence-electron chi connectivity index (χ4n) is 6.60. The number of amides is 1. The molecule has 0 saturated carbocycles. The summed E-state index contributed by atoms with van der Waals surface area (Å²) in [5, 5.41) is 20.9. The van der Waals surface area contributed by atoms with Crippen molar-refractivity contribution in [2.24, 2.45) is 27.8 Å². The van der Waals surface area contributed by atoms with E-state index in [1.165, 1.54) is 0 Å². The van der Waals surface area contributed by atoms with Gasteiger partial charge in [0, 0.05) is 25.5 Å². The van der Waals surface area contributed by atoms with Gasteiger partial charge in [-0.15, -0.1) is 11.3 Å². The van der Waals surface area contributed by atoms with Crippen molar-refractivity contribution in [3.8, 4) is 5.75 Å². The summed E-state index contributed by atoms with van der Waals surface area (Å²) in [7, 11) is -0.809. The molecule has 5 rings (SSSR count). The van der Waals surface area contributed by atoms with Crippen LogP contribution in [-0.4, -0.2) is 88.4 Å². The number of rotatable bonds is 14. The molecule has 3 heterocycles. The van der Waals surface area contributed by atoms with Crippen molar-refractivity contribution < 1.29 is 33.5 Å². The van der Waals surface area contributed by atoms with Gasteiger partial charge in [0.15, 0.2) is 16.9 Å². The highest BCUT2D eigenvalue weighted by Gasteiger charge is 2.37. The third kappa shape index (κ3) is 11.1. The Morgan fingerprint density at radius 3 is 2.56 bits per heavy atom. The van der Waals surface area contributed by atoms with Crippen LogP contribution in [0, 0.1) is 11.3 Å². The van der Waals surface area contributed by atoms with E-state index in [4.69, 9.17) is 21.3 Å². The van der Waals surface area contributed by atoms with Gasteiger partial charge >= 0.3 is 5.97 Å². The highest BCUT2D eigenvalue weighted by atomic mass is 32.2. The van der Waals surface area contributed by atoms with Crippen molar-refractivity contribution in [2.45, 2.75) is 83.2 Å². The van der Waals surface area contributed by atoms with Gasteiger partial charge in [-0.2, -0.15) is 0 Å². The van der Waals surface area contributed by atoms with Crippen molar-refractivity contribution in [3.63, 3.8) is 0 Å². The van der Waals surface area contributed by atoms with Gasteiger partial charge in [0.1, 0.15) is 27.9 Å². The Morgan fingerprint density at radius 1 is 1.20 bits per heavy atom. The Bertz CT molecular complexity index is 1760. The van der Waals surface area contributed by atoms with Crippen LogP contribution in [0.5, 0.6) is 5.75 Å². The summed E-state index contributed by atoms with van der Waals surface area (Å²) in [5.41, 5.74) is 13.2. The van der Waals surface area contributed by atoms with E-state index in [0.29, 0.717) is 41.7 Å². The number of fused-ring (bicyclic) bond motifs is 1. The maximum Gasteiger partial charge on any atom is 0.326 e. The van der Waals surface area contributed by atoms with Gasteiger partial charge in [-0.05, 0) is 91.9 Å². The summed E-state index contributed by atoms with van der Waals surface area (Å²) in [6, 6.07) is 4.42. The number of ether oxygens (including phenoxy) is 1. The highest BCUT2D eigenvalue weighted by Crippen LogP contribution is 2.39. The number of aliphatic carboxylic acids is 1. The molecule has 2 aliphatic heterocycles. The maximum absolute atomic E-state index is 13.9. The smallest absolute Gasteiger partial charge is 0.326 e. The number of nitrogens with one attached hydrogen (secondary N) is 2. The number of nitrogens with two attached hydrogens (primary N) is 2. The quantitative estimate of drug-likeness (QED) is 0.0661. The minimum atomic E-state index is -1.81. The molecule has 0 radical (unpaired) electrons. The number of carboxylic acids is 1. The second-order valence-corrected chi connectivity index (χ2v) is 15.7. The molecule has 15 heteroatoms. The molecule has 8 N–H and O–H groups in total. The van der Waals surface area contributed by atoms with Crippen molar-refractivity contribution >= 4 is 57.7 Å². The number of hydrogen-bond acceptors (Lipinski definition) is 9. The Balaban J connectivity index is 0.00000190. The van der Waals surface area contributed by atoms with E-state index in [1.807, 2.05) is 33.8 Å². The van der Waals surface area contributed by atoms with E-state index >= 15 is 0 Å². The van der Waals surface area contributed by atoms with Crippen LogP contribution in [0.15, 0.2) is 63.8 Å². The lowest BCUT2D eigenvalue weighted by Gasteiger charge is -2.44. The molecule has 1 fully saturated rings. The predicted octanol–water partition coefficient (Wildman–Crippen LogP) is 4.89. The van der Waals surface area contributed by atoms with Crippen LogP contribution in [0.4, 0.5) is 5.69 Å².